The van der Waals surface area contributed by atoms with Gasteiger partial charge in [-0.25, -0.2) is 0 Å². The standard InChI is InChI=1S/C24H38N4O3/c1-26(2)13-12-25-24(30)23(21-10-6-7-11-21)28-16-14-27(15-17-28)22(29)19-31-18-20-8-4-3-5-9-20/h3-5,8-9,21,23H,6-7,10-19H2,1-2H3,(H,25,30). The minimum Gasteiger partial charge on any atom is -0.367 e. The summed E-state index contributed by atoms with van der Waals surface area (Å²) in [5, 5.41) is 3.14. The van der Waals surface area contributed by atoms with Gasteiger partial charge in [0.05, 0.1) is 12.6 Å². The second-order valence-corrected chi connectivity index (χ2v) is 8.98. The molecule has 172 valence electrons. The van der Waals surface area contributed by atoms with Gasteiger partial charge < -0.3 is 19.9 Å². The minimum absolute atomic E-state index is 0.0310. The number of carbonyl (C=O) groups excluding carboxylic acids is 2. The molecule has 1 N–H and O–H groups in total. The number of benzene rings is 1. The molecule has 3 rings (SSSR count). The molecule has 0 radical (unpaired) electrons. The van der Waals surface area contributed by atoms with E-state index in [2.05, 4.69) is 15.1 Å². The summed E-state index contributed by atoms with van der Waals surface area (Å²) in [6.07, 6.45) is 4.67. The third kappa shape index (κ3) is 7.30. The Labute approximate surface area is 186 Å². The first-order valence-corrected chi connectivity index (χ1v) is 11.6. The Hall–Kier alpha value is -1.96. The number of hydrogen-bond donors (Lipinski definition) is 1. The zero-order chi connectivity index (χ0) is 22.1. The summed E-state index contributed by atoms with van der Waals surface area (Å²) in [6, 6.07) is 9.83. The number of carbonyl (C=O) groups is 2. The van der Waals surface area contributed by atoms with Gasteiger partial charge >= 0.3 is 0 Å². The predicted octanol–water partition coefficient (Wildman–Crippen LogP) is 1.58. The quantitative estimate of drug-likeness (QED) is 0.611. The van der Waals surface area contributed by atoms with Crippen molar-refractivity contribution in [3.05, 3.63) is 35.9 Å². The molecule has 2 amide bonds. The van der Waals surface area contributed by atoms with E-state index in [1.807, 2.05) is 49.3 Å². The normalized spacial score (nSPS) is 19.0. The van der Waals surface area contributed by atoms with Crippen molar-refractivity contribution in [2.45, 2.75) is 38.3 Å². The van der Waals surface area contributed by atoms with Crippen LogP contribution in [0, 0.1) is 5.92 Å². The van der Waals surface area contributed by atoms with Crippen molar-refractivity contribution in [1.29, 1.82) is 0 Å². The number of ether oxygens (including phenoxy) is 1. The Morgan fingerprint density at radius 2 is 1.77 bits per heavy atom. The summed E-state index contributed by atoms with van der Waals surface area (Å²) < 4.78 is 5.62. The number of amides is 2. The molecule has 1 aromatic rings. The van der Waals surface area contributed by atoms with Crippen molar-refractivity contribution in [3.63, 3.8) is 0 Å². The Kier molecular flexibility index (Phi) is 9.31. The van der Waals surface area contributed by atoms with Gasteiger partial charge in [-0.05, 0) is 38.4 Å². The molecule has 1 saturated carbocycles. The number of nitrogens with one attached hydrogen (secondary N) is 1. The van der Waals surface area contributed by atoms with Crippen molar-refractivity contribution in [2.24, 2.45) is 5.92 Å². The molecule has 7 nitrogen and oxygen atoms in total. The van der Waals surface area contributed by atoms with Gasteiger partial charge in [-0.2, -0.15) is 0 Å². The molecule has 1 aliphatic carbocycles. The van der Waals surface area contributed by atoms with Gasteiger partial charge in [0.15, 0.2) is 0 Å². The van der Waals surface area contributed by atoms with E-state index in [0.717, 1.165) is 38.0 Å². The summed E-state index contributed by atoms with van der Waals surface area (Å²) >= 11 is 0. The Morgan fingerprint density at radius 1 is 1.10 bits per heavy atom. The van der Waals surface area contributed by atoms with Gasteiger partial charge in [-0.1, -0.05) is 43.2 Å². The highest BCUT2D eigenvalue weighted by molar-refractivity contribution is 5.82. The Bertz CT molecular complexity index is 683. The van der Waals surface area contributed by atoms with Crippen LogP contribution < -0.4 is 5.32 Å². The van der Waals surface area contributed by atoms with E-state index in [1.165, 1.54) is 12.8 Å². The number of piperazine rings is 1. The molecule has 31 heavy (non-hydrogen) atoms. The van der Waals surface area contributed by atoms with Crippen LogP contribution in [-0.2, 0) is 20.9 Å². The third-order valence-corrected chi connectivity index (χ3v) is 6.37. The van der Waals surface area contributed by atoms with E-state index in [-0.39, 0.29) is 24.5 Å². The van der Waals surface area contributed by atoms with Crippen LogP contribution in [0.4, 0.5) is 0 Å². The van der Waals surface area contributed by atoms with Crippen LogP contribution in [0.3, 0.4) is 0 Å². The van der Waals surface area contributed by atoms with E-state index in [9.17, 15) is 9.59 Å². The monoisotopic (exact) mass is 430 g/mol. The first-order chi connectivity index (χ1) is 15.0. The first kappa shape index (κ1) is 23.7. The molecule has 1 heterocycles. The first-order valence-electron chi connectivity index (χ1n) is 11.6. The number of likely N-dealkylation sites (N-methyl/N-ethyl adjacent to an activating group) is 1. The van der Waals surface area contributed by atoms with Gasteiger partial charge in [-0.15, -0.1) is 0 Å². The highest BCUT2D eigenvalue weighted by atomic mass is 16.5. The highest BCUT2D eigenvalue weighted by Gasteiger charge is 2.37. The van der Waals surface area contributed by atoms with E-state index < -0.39 is 0 Å². The summed E-state index contributed by atoms with van der Waals surface area (Å²) in [4.78, 5) is 31.8. The lowest BCUT2D eigenvalue weighted by molar-refractivity contribution is -0.139. The molecule has 1 aliphatic heterocycles. The van der Waals surface area contributed by atoms with Gasteiger partial charge in [0, 0.05) is 39.3 Å². The maximum absolute atomic E-state index is 13.0. The van der Waals surface area contributed by atoms with Crippen molar-refractivity contribution in [1.82, 2.24) is 20.0 Å². The highest BCUT2D eigenvalue weighted by Crippen LogP contribution is 2.31. The van der Waals surface area contributed by atoms with Crippen molar-refractivity contribution < 1.29 is 14.3 Å². The summed E-state index contributed by atoms with van der Waals surface area (Å²) in [5.74, 6) is 0.610. The number of hydrogen-bond acceptors (Lipinski definition) is 5. The zero-order valence-corrected chi connectivity index (χ0v) is 19.1. The second-order valence-electron chi connectivity index (χ2n) is 8.98. The largest absolute Gasteiger partial charge is 0.367 e. The van der Waals surface area contributed by atoms with Crippen LogP contribution in [0.1, 0.15) is 31.2 Å². The van der Waals surface area contributed by atoms with Gasteiger partial charge in [-0.3, -0.25) is 14.5 Å². The van der Waals surface area contributed by atoms with Crippen LogP contribution in [0.2, 0.25) is 0 Å². The van der Waals surface area contributed by atoms with E-state index in [1.54, 1.807) is 0 Å². The molecule has 0 bridgehead atoms. The molecular weight excluding hydrogens is 392 g/mol. The lowest BCUT2D eigenvalue weighted by atomic mass is 9.95. The van der Waals surface area contributed by atoms with Crippen LogP contribution in [0.5, 0.6) is 0 Å². The van der Waals surface area contributed by atoms with Crippen LogP contribution in [0.15, 0.2) is 30.3 Å². The lowest BCUT2D eigenvalue weighted by Crippen LogP contribution is -2.58. The molecule has 1 aromatic carbocycles. The molecule has 2 aliphatic rings. The number of nitrogens with zero attached hydrogens (tertiary/aromatic N) is 3. The van der Waals surface area contributed by atoms with Crippen molar-refractivity contribution in [3.8, 4) is 0 Å². The Morgan fingerprint density at radius 3 is 2.42 bits per heavy atom. The Balaban J connectivity index is 1.46. The summed E-state index contributed by atoms with van der Waals surface area (Å²) in [6.45, 7) is 4.86. The smallest absolute Gasteiger partial charge is 0.248 e. The predicted molar refractivity (Wildman–Crippen MR) is 122 cm³/mol. The van der Waals surface area contributed by atoms with Crippen LogP contribution in [-0.4, -0.2) is 92.5 Å². The van der Waals surface area contributed by atoms with Gasteiger partial charge in [0.25, 0.3) is 0 Å². The molecule has 2 fully saturated rings. The van der Waals surface area contributed by atoms with Crippen molar-refractivity contribution in [2.75, 3.05) is 60.0 Å². The average Bonchev–Trinajstić information content (AvgIpc) is 3.29. The van der Waals surface area contributed by atoms with Crippen LogP contribution in [0.25, 0.3) is 0 Å². The SMILES string of the molecule is CN(C)CCNC(=O)C(C1CCCC1)N1CCN(C(=O)COCc2ccccc2)CC1. The lowest BCUT2D eigenvalue weighted by Gasteiger charge is -2.40. The molecule has 1 unspecified atom stereocenters. The van der Waals surface area contributed by atoms with Gasteiger partial charge in [0.1, 0.15) is 6.61 Å². The molecule has 1 atom stereocenters. The molecule has 0 aromatic heterocycles. The fourth-order valence-electron chi connectivity index (χ4n) is 4.63. The third-order valence-electron chi connectivity index (χ3n) is 6.37. The molecule has 7 heteroatoms. The summed E-state index contributed by atoms with van der Waals surface area (Å²) in [7, 11) is 4.03. The molecule has 1 saturated heterocycles. The molecule has 0 spiro atoms. The zero-order valence-electron chi connectivity index (χ0n) is 19.1. The van der Waals surface area contributed by atoms with E-state index in [4.69, 9.17) is 4.74 Å². The van der Waals surface area contributed by atoms with Crippen LogP contribution >= 0.6 is 0 Å². The maximum atomic E-state index is 13.0. The minimum atomic E-state index is -0.0729. The molecular formula is C24H38N4O3. The van der Waals surface area contributed by atoms with E-state index in [0.29, 0.717) is 32.2 Å². The fraction of sp³-hybridized carbons (Fsp3) is 0.667. The second kappa shape index (κ2) is 12.2. The topological polar surface area (TPSA) is 65.1 Å². The summed E-state index contributed by atoms with van der Waals surface area (Å²) in [5.41, 5.74) is 1.07. The van der Waals surface area contributed by atoms with E-state index >= 15 is 0 Å². The number of rotatable bonds is 10. The van der Waals surface area contributed by atoms with Crippen molar-refractivity contribution >= 4 is 11.8 Å². The maximum Gasteiger partial charge on any atom is 0.248 e. The fourth-order valence-corrected chi connectivity index (χ4v) is 4.63. The van der Waals surface area contributed by atoms with Gasteiger partial charge in [0.2, 0.25) is 11.8 Å². The average molecular weight is 431 g/mol.